The predicted molar refractivity (Wildman–Crippen MR) is 97.6 cm³/mol. The summed E-state index contributed by atoms with van der Waals surface area (Å²) in [5, 5.41) is 20.8. The van der Waals surface area contributed by atoms with Crippen molar-refractivity contribution in [2.75, 3.05) is 0 Å². The fourth-order valence-corrected chi connectivity index (χ4v) is 2.47. The van der Waals surface area contributed by atoms with Gasteiger partial charge in [-0.05, 0) is 51.5 Å². The lowest BCUT2D eigenvalue weighted by Gasteiger charge is -2.33. The molecule has 0 aromatic heterocycles. The summed E-state index contributed by atoms with van der Waals surface area (Å²) in [7, 11) is 0. The van der Waals surface area contributed by atoms with Crippen molar-refractivity contribution in [3.05, 3.63) is 63.5 Å². The molecule has 2 rings (SSSR count). The van der Waals surface area contributed by atoms with E-state index >= 15 is 0 Å². The van der Waals surface area contributed by atoms with Crippen molar-refractivity contribution in [2.24, 2.45) is 0 Å². The number of nitro groups is 1. The Balaban J connectivity index is 2.39. The van der Waals surface area contributed by atoms with Crippen molar-refractivity contribution >= 4 is 11.8 Å². The number of halogens is 1. The lowest BCUT2D eigenvalue weighted by Crippen LogP contribution is -2.44. The maximum absolute atomic E-state index is 13.7. The smallest absolute Gasteiger partial charge is 0.408 e. The molecule has 8 heteroatoms. The molecule has 0 aliphatic rings. The molecule has 7 nitrogen and oxygen atoms in total. The minimum Gasteiger partial charge on any atom is -0.465 e. The number of rotatable bonds is 5. The number of ether oxygens (including phenoxy) is 1. The minimum absolute atomic E-state index is 0.183. The summed E-state index contributed by atoms with van der Waals surface area (Å²) < 4.78 is 19.3. The molecule has 0 spiro atoms. The predicted octanol–water partition coefficient (Wildman–Crippen LogP) is 5.11. The average Bonchev–Trinajstić information content (AvgIpc) is 2.54. The molecule has 1 N–H and O–H groups in total. The van der Waals surface area contributed by atoms with Crippen molar-refractivity contribution in [1.29, 1.82) is 0 Å². The van der Waals surface area contributed by atoms with E-state index in [-0.39, 0.29) is 29.3 Å². The number of benzene rings is 2. The van der Waals surface area contributed by atoms with E-state index < -0.39 is 22.4 Å². The van der Waals surface area contributed by atoms with Gasteiger partial charge in [-0.1, -0.05) is 6.07 Å². The Labute approximate surface area is 156 Å². The SMILES string of the molecule is Cc1ccc(Oc2ccc([N+](=O)[O-])c(CN(C(=O)O)C(C)(C)C)c2)cc1F. The number of amides is 1. The monoisotopic (exact) mass is 376 g/mol. The summed E-state index contributed by atoms with van der Waals surface area (Å²) in [6, 6.07) is 8.40. The molecule has 0 bridgehead atoms. The van der Waals surface area contributed by atoms with E-state index in [1.807, 2.05) is 0 Å². The van der Waals surface area contributed by atoms with E-state index in [1.165, 1.54) is 24.3 Å². The zero-order valence-corrected chi connectivity index (χ0v) is 15.5. The number of hydrogen-bond acceptors (Lipinski definition) is 4. The van der Waals surface area contributed by atoms with Crippen LogP contribution in [-0.4, -0.2) is 26.6 Å². The van der Waals surface area contributed by atoms with E-state index in [0.29, 0.717) is 5.56 Å². The Hall–Kier alpha value is -3.16. The highest BCUT2D eigenvalue weighted by Gasteiger charge is 2.29. The number of nitro benzene ring substituents is 1. The second-order valence-electron chi connectivity index (χ2n) is 7.10. The normalized spacial score (nSPS) is 11.1. The van der Waals surface area contributed by atoms with Crippen LogP contribution in [-0.2, 0) is 6.54 Å². The first-order valence-electron chi connectivity index (χ1n) is 8.21. The van der Waals surface area contributed by atoms with Crippen LogP contribution in [0.15, 0.2) is 36.4 Å². The van der Waals surface area contributed by atoms with Gasteiger partial charge in [0.15, 0.2) is 0 Å². The van der Waals surface area contributed by atoms with Gasteiger partial charge in [0.1, 0.15) is 17.3 Å². The van der Waals surface area contributed by atoms with Crippen LogP contribution in [0.1, 0.15) is 31.9 Å². The number of nitrogens with zero attached hydrogens (tertiary/aromatic N) is 2. The van der Waals surface area contributed by atoms with E-state index in [2.05, 4.69) is 0 Å². The fourth-order valence-electron chi connectivity index (χ4n) is 2.47. The summed E-state index contributed by atoms with van der Waals surface area (Å²) in [6.07, 6.45) is -1.19. The molecule has 0 radical (unpaired) electrons. The quantitative estimate of drug-likeness (QED) is 0.578. The molecule has 1 amide bonds. The average molecular weight is 376 g/mol. The molecule has 0 saturated heterocycles. The van der Waals surface area contributed by atoms with Crippen molar-refractivity contribution in [3.8, 4) is 11.5 Å². The molecule has 0 unspecified atom stereocenters. The van der Waals surface area contributed by atoms with Crippen molar-refractivity contribution in [1.82, 2.24) is 4.90 Å². The lowest BCUT2D eigenvalue weighted by molar-refractivity contribution is -0.385. The van der Waals surface area contributed by atoms with Gasteiger partial charge >= 0.3 is 6.09 Å². The zero-order chi connectivity index (χ0) is 20.4. The molecule has 0 heterocycles. The largest absolute Gasteiger partial charge is 0.465 e. The molecular formula is C19H21FN2O5. The molecule has 2 aromatic rings. The molecule has 2 aromatic carbocycles. The topological polar surface area (TPSA) is 92.9 Å². The molecule has 144 valence electrons. The van der Waals surface area contributed by atoms with Crippen molar-refractivity contribution in [3.63, 3.8) is 0 Å². The molecular weight excluding hydrogens is 355 g/mol. The van der Waals surface area contributed by atoms with Crippen LogP contribution < -0.4 is 4.74 Å². The zero-order valence-electron chi connectivity index (χ0n) is 15.5. The van der Waals surface area contributed by atoms with Gasteiger partial charge in [-0.2, -0.15) is 0 Å². The maximum Gasteiger partial charge on any atom is 0.408 e. The van der Waals surface area contributed by atoms with Crippen LogP contribution in [0.2, 0.25) is 0 Å². The molecule has 0 aliphatic carbocycles. The lowest BCUT2D eigenvalue weighted by atomic mass is 10.0. The summed E-state index contributed by atoms with van der Waals surface area (Å²) >= 11 is 0. The van der Waals surface area contributed by atoms with Gasteiger partial charge in [-0.25, -0.2) is 9.18 Å². The first-order valence-corrected chi connectivity index (χ1v) is 8.21. The third-order valence-corrected chi connectivity index (χ3v) is 4.00. The van der Waals surface area contributed by atoms with Crippen LogP contribution in [0.4, 0.5) is 14.9 Å². The highest BCUT2D eigenvalue weighted by Crippen LogP contribution is 2.30. The Bertz CT molecular complexity index is 877. The minimum atomic E-state index is -1.19. The van der Waals surface area contributed by atoms with Gasteiger partial charge in [0.05, 0.1) is 17.0 Å². The summed E-state index contributed by atoms with van der Waals surface area (Å²) in [6.45, 7) is 6.53. The Morgan fingerprint density at radius 3 is 2.33 bits per heavy atom. The van der Waals surface area contributed by atoms with Gasteiger partial charge < -0.3 is 9.84 Å². The highest BCUT2D eigenvalue weighted by atomic mass is 19.1. The third kappa shape index (κ3) is 4.93. The number of carbonyl (C=O) groups is 1. The molecule has 27 heavy (non-hydrogen) atoms. The molecule has 0 aliphatic heterocycles. The molecule has 0 saturated carbocycles. The molecule has 0 fully saturated rings. The molecule has 0 atom stereocenters. The second kappa shape index (κ2) is 7.61. The van der Waals surface area contributed by atoms with Gasteiger partial charge in [0.25, 0.3) is 5.69 Å². The van der Waals surface area contributed by atoms with Crippen molar-refractivity contribution < 1.29 is 24.0 Å². The standard InChI is InChI=1S/C19H21FN2O5/c1-12-5-6-15(10-16(12)20)27-14-7-8-17(22(25)26)13(9-14)11-21(18(23)24)19(2,3)4/h5-10H,11H2,1-4H3,(H,23,24). The summed E-state index contributed by atoms with van der Waals surface area (Å²) in [4.78, 5) is 23.4. The van der Waals surface area contributed by atoms with Crippen LogP contribution >= 0.6 is 0 Å². The second-order valence-corrected chi connectivity index (χ2v) is 7.10. The highest BCUT2D eigenvalue weighted by molar-refractivity contribution is 5.66. The van der Waals surface area contributed by atoms with Crippen LogP contribution in [0.5, 0.6) is 11.5 Å². The maximum atomic E-state index is 13.7. The third-order valence-electron chi connectivity index (χ3n) is 4.00. The van der Waals surface area contributed by atoms with E-state index in [9.17, 15) is 24.4 Å². The van der Waals surface area contributed by atoms with E-state index in [1.54, 1.807) is 39.8 Å². The van der Waals surface area contributed by atoms with Gasteiger partial charge in [0, 0.05) is 17.7 Å². The van der Waals surface area contributed by atoms with Crippen LogP contribution in [0, 0.1) is 22.9 Å². The first kappa shape index (κ1) is 20.2. The summed E-state index contributed by atoms with van der Waals surface area (Å²) in [5.41, 5.74) is -0.319. The Morgan fingerprint density at radius 1 is 1.22 bits per heavy atom. The van der Waals surface area contributed by atoms with E-state index in [0.717, 1.165) is 4.90 Å². The van der Waals surface area contributed by atoms with Gasteiger partial charge in [-0.3, -0.25) is 15.0 Å². The van der Waals surface area contributed by atoms with Gasteiger partial charge in [-0.15, -0.1) is 0 Å². The Morgan fingerprint density at radius 2 is 1.81 bits per heavy atom. The van der Waals surface area contributed by atoms with E-state index in [4.69, 9.17) is 4.74 Å². The number of hydrogen-bond donors (Lipinski definition) is 1. The van der Waals surface area contributed by atoms with Crippen LogP contribution in [0.3, 0.4) is 0 Å². The number of carboxylic acid groups (broad SMARTS) is 1. The first-order chi connectivity index (χ1) is 12.5. The fraction of sp³-hybridized carbons (Fsp3) is 0.316. The summed E-state index contributed by atoms with van der Waals surface area (Å²) in [5.74, 6) is 0.0568. The Kier molecular flexibility index (Phi) is 5.68. The van der Waals surface area contributed by atoms with Crippen LogP contribution in [0.25, 0.3) is 0 Å². The number of aryl methyl sites for hydroxylation is 1. The van der Waals surface area contributed by atoms with Crippen molar-refractivity contribution in [2.45, 2.75) is 39.8 Å². The van der Waals surface area contributed by atoms with Gasteiger partial charge in [0.2, 0.25) is 0 Å².